The standard InChI is InChI=1S/C15H20F2N2O2/c1-9-10(2)19(7-6-12(9)18-3)11-4-5-13-14(8-11)21-15(16,17)20-13/h4-5,8-10,12,18H,6-7H2,1-3H3. The second-order valence-corrected chi connectivity index (χ2v) is 5.78. The number of ether oxygens (including phenoxy) is 2. The van der Waals surface area contributed by atoms with E-state index in [0.29, 0.717) is 18.0 Å². The lowest BCUT2D eigenvalue weighted by Crippen LogP contribution is -2.52. The van der Waals surface area contributed by atoms with Crippen molar-refractivity contribution in [3.63, 3.8) is 0 Å². The molecule has 21 heavy (non-hydrogen) atoms. The van der Waals surface area contributed by atoms with E-state index in [-0.39, 0.29) is 11.5 Å². The molecule has 1 aromatic carbocycles. The zero-order valence-electron chi connectivity index (χ0n) is 12.4. The number of nitrogens with one attached hydrogen (secondary N) is 1. The lowest BCUT2D eigenvalue weighted by molar-refractivity contribution is -0.286. The number of hydrogen-bond donors (Lipinski definition) is 1. The second-order valence-electron chi connectivity index (χ2n) is 5.78. The molecule has 1 saturated heterocycles. The van der Waals surface area contributed by atoms with Gasteiger partial charge in [-0.05, 0) is 38.4 Å². The van der Waals surface area contributed by atoms with E-state index in [1.807, 2.05) is 13.1 Å². The fourth-order valence-electron chi connectivity index (χ4n) is 3.25. The molecule has 0 spiro atoms. The zero-order valence-corrected chi connectivity index (χ0v) is 12.4. The van der Waals surface area contributed by atoms with E-state index in [0.717, 1.165) is 18.7 Å². The molecule has 0 aromatic heterocycles. The van der Waals surface area contributed by atoms with Crippen LogP contribution in [0.25, 0.3) is 0 Å². The van der Waals surface area contributed by atoms with Gasteiger partial charge in [-0.15, -0.1) is 8.78 Å². The van der Waals surface area contributed by atoms with Crippen molar-refractivity contribution in [3.05, 3.63) is 18.2 Å². The van der Waals surface area contributed by atoms with Crippen LogP contribution in [0, 0.1) is 5.92 Å². The third kappa shape index (κ3) is 2.52. The van der Waals surface area contributed by atoms with Gasteiger partial charge in [0.25, 0.3) is 0 Å². The van der Waals surface area contributed by atoms with Crippen LogP contribution in [-0.4, -0.2) is 32.0 Å². The van der Waals surface area contributed by atoms with Gasteiger partial charge in [0.1, 0.15) is 0 Å². The molecule has 2 aliphatic rings. The van der Waals surface area contributed by atoms with Crippen molar-refractivity contribution in [1.82, 2.24) is 5.32 Å². The van der Waals surface area contributed by atoms with Crippen LogP contribution >= 0.6 is 0 Å². The Balaban J connectivity index is 1.83. The van der Waals surface area contributed by atoms with Gasteiger partial charge in [0.05, 0.1) is 0 Å². The molecule has 3 unspecified atom stereocenters. The van der Waals surface area contributed by atoms with E-state index in [2.05, 4.69) is 33.5 Å². The first kappa shape index (κ1) is 14.4. The van der Waals surface area contributed by atoms with Gasteiger partial charge in [-0.2, -0.15) is 0 Å². The van der Waals surface area contributed by atoms with Gasteiger partial charge in [-0.1, -0.05) is 6.92 Å². The third-order valence-electron chi connectivity index (χ3n) is 4.66. The van der Waals surface area contributed by atoms with Crippen molar-refractivity contribution in [1.29, 1.82) is 0 Å². The molecule has 1 fully saturated rings. The largest absolute Gasteiger partial charge is 0.586 e. The van der Waals surface area contributed by atoms with E-state index in [9.17, 15) is 8.78 Å². The minimum atomic E-state index is -3.56. The maximum absolute atomic E-state index is 13.1. The maximum Gasteiger partial charge on any atom is 0.586 e. The fourth-order valence-corrected chi connectivity index (χ4v) is 3.25. The quantitative estimate of drug-likeness (QED) is 0.910. The van der Waals surface area contributed by atoms with Gasteiger partial charge in [-0.3, -0.25) is 0 Å². The third-order valence-corrected chi connectivity index (χ3v) is 4.66. The number of fused-ring (bicyclic) bond motifs is 1. The van der Waals surface area contributed by atoms with E-state index in [1.165, 1.54) is 0 Å². The fraction of sp³-hybridized carbons (Fsp3) is 0.600. The normalized spacial score (nSPS) is 30.5. The van der Waals surface area contributed by atoms with Gasteiger partial charge in [0, 0.05) is 30.4 Å². The zero-order chi connectivity index (χ0) is 15.2. The van der Waals surface area contributed by atoms with Crippen LogP contribution in [0.3, 0.4) is 0 Å². The SMILES string of the molecule is CNC1CCN(c2ccc3c(c2)OC(F)(F)O3)C(C)C1C. The first-order chi connectivity index (χ1) is 9.91. The Hall–Kier alpha value is -1.56. The van der Waals surface area contributed by atoms with Gasteiger partial charge in [0.15, 0.2) is 11.5 Å². The van der Waals surface area contributed by atoms with Crippen LogP contribution < -0.4 is 19.7 Å². The molecule has 3 rings (SSSR count). The minimum Gasteiger partial charge on any atom is -0.395 e. The monoisotopic (exact) mass is 298 g/mol. The van der Waals surface area contributed by atoms with Crippen molar-refractivity contribution in [2.45, 2.75) is 38.6 Å². The summed E-state index contributed by atoms with van der Waals surface area (Å²) in [5.41, 5.74) is 0.893. The molecule has 2 aliphatic heterocycles. The summed E-state index contributed by atoms with van der Waals surface area (Å²) in [5.74, 6) is 0.665. The summed E-state index contributed by atoms with van der Waals surface area (Å²) in [6.45, 7) is 5.25. The van der Waals surface area contributed by atoms with Gasteiger partial charge >= 0.3 is 6.29 Å². The molecular weight excluding hydrogens is 278 g/mol. The Morgan fingerprint density at radius 2 is 1.95 bits per heavy atom. The van der Waals surface area contributed by atoms with Crippen molar-refractivity contribution >= 4 is 5.69 Å². The summed E-state index contributed by atoms with van der Waals surface area (Å²) in [6.07, 6.45) is -2.54. The summed E-state index contributed by atoms with van der Waals surface area (Å²) >= 11 is 0. The van der Waals surface area contributed by atoms with E-state index >= 15 is 0 Å². The summed E-state index contributed by atoms with van der Waals surface area (Å²) in [4.78, 5) is 2.23. The maximum atomic E-state index is 13.1. The number of benzene rings is 1. The number of hydrogen-bond acceptors (Lipinski definition) is 4. The minimum absolute atomic E-state index is 0.0922. The molecular formula is C15H20F2N2O2. The predicted molar refractivity (Wildman–Crippen MR) is 76.1 cm³/mol. The smallest absolute Gasteiger partial charge is 0.395 e. The Morgan fingerprint density at radius 3 is 2.67 bits per heavy atom. The molecule has 0 bridgehead atoms. The van der Waals surface area contributed by atoms with E-state index < -0.39 is 6.29 Å². The summed E-state index contributed by atoms with van der Waals surface area (Å²) in [6, 6.07) is 5.80. The molecule has 6 heteroatoms. The lowest BCUT2D eigenvalue weighted by atomic mass is 9.87. The Morgan fingerprint density at radius 1 is 1.24 bits per heavy atom. The molecule has 0 amide bonds. The van der Waals surface area contributed by atoms with E-state index in [4.69, 9.17) is 0 Å². The van der Waals surface area contributed by atoms with Crippen LogP contribution in [0.15, 0.2) is 18.2 Å². The molecule has 0 radical (unpaired) electrons. The van der Waals surface area contributed by atoms with Crippen LogP contribution in [0.1, 0.15) is 20.3 Å². The lowest BCUT2D eigenvalue weighted by Gasteiger charge is -2.44. The highest BCUT2D eigenvalue weighted by atomic mass is 19.3. The summed E-state index contributed by atoms with van der Waals surface area (Å²) in [7, 11) is 1.98. The van der Waals surface area contributed by atoms with Crippen molar-refractivity contribution < 1.29 is 18.3 Å². The number of rotatable bonds is 2. The molecule has 1 N–H and O–H groups in total. The number of alkyl halides is 2. The van der Waals surface area contributed by atoms with Crippen LogP contribution in [-0.2, 0) is 0 Å². The second kappa shape index (κ2) is 5.02. The number of halogens is 2. The van der Waals surface area contributed by atoms with Crippen molar-refractivity contribution in [2.24, 2.45) is 5.92 Å². The molecule has 0 saturated carbocycles. The molecule has 4 nitrogen and oxygen atoms in total. The summed E-state index contributed by atoms with van der Waals surface area (Å²) < 4.78 is 35.1. The van der Waals surface area contributed by atoms with Crippen LogP contribution in [0.5, 0.6) is 11.5 Å². The summed E-state index contributed by atoms with van der Waals surface area (Å²) in [5, 5.41) is 3.34. The molecule has 2 heterocycles. The van der Waals surface area contributed by atoms with Gasteiger partial charge in [-0.25, -0.2) is 0 Å². The first-order valence-corrected chi connectivity index (χ1v) is 7.25. The van der Waals surface area contributed by atoms with Crippen LogP contribution in [0.2, 0.25) is 0 Å². The number of anilines is 1. The van der Waals surface area contributed by atoms with Crippen molar-refractivity contribution in [2.75, 3.05) is 18.5 Å². The number of piperidine rings is 1. The topological polar surface area (TPSA) is 33.7 Å². The predicted octanol–water partition coefficient (Wildman–Crippen LogP) is 2.83. The molecule has 116 valence electrons. The van der Waals surface area contributed by atoms with Gasteiger partial charge < -0.3 is 19.7 Å². The highest BCUT2D eigenvalue weighted by Gasteiger charge is 2.43. The van der Waals surface area contributed by atoms with Crippen molar-refractivity contribution in [3.8, 4) is 11.5 Å². The average Bonchev–Trinajstić information content (AvgIpc) is 2.74. The Kier molecular flexibility index (Phi) is 3.43. The first-order valence-electron chi connectivity index (χ1n) is 7.25. The highest BCUT2D eigenvalue weighted by molar-refractivity contribution is 5.58. The Labute approximate surface area is 123 Å². The highest BCUT2D eigenvalue weighted by Crippen LogP contribution is 2.43. The molecule has 3 atom stereocenters. The van der Waals surface area contributed by atoms with Gasteiger partial charge in [0.2, 0.25) is 0 Å². The van der Waals surface area contributed by atoms with Crippen LogP contribution in [0.4, 0.5) is 14.5 Å². The molecule has 0 aliphatic carbocycles. The average molecular weight is 298 g/mol. The van der Waals surface area contributed by atoms with E-state index in [1.54, 1.807) is 12.1 Å². The number of nitrogens with zero attached hydrogens (tertiary/aromatic N) is 1. The Bertz CT molecular complexity index is 538. The molecule has 1 aromatic rings.